The molecule has 4 nitrogen and oxygen atoms in total. The van der Waals surface area contributed by atoms with Crippen LogP contribution in [0.25, 0.3) is 0 Å². The van der Waals surface area contributed by atoms with Crippen molar-refractivity contribution in [3.05, 3.63) is 64.2 Å². The maximum Gasteiger partial charge on any atom is 0.240 e. The molecule has 0 atom stereocenters. The zero-order chi connectivity index (χ0) is 17.4. The van der Waals surface area contributed by atoms with Crippen molar-refractivity contribution in [1.82, 2.24) is 5.43 Å². The van der Waals surface area contributed by atoms with Crippen molar-refractivity contribution < 1.29 is 9.53 Å². The van der Waals surface area contributed by atoms with Crippen molar-refractivity contribution in [1.29, 1.82) is 0 Å². The van der Waals surface area contributed by atoms with E-state index in [0.29, 0.717) is 24.5 Å². The normalized spacial score (nSPS) is 10.8. The molecule has 0 aliphatic rings. The Morgan fingerprint density at radius 3 is 2.75 bits per heavy atom. The van der Waals surface area contributed by atoms with Crippen molar-refractivity contribution in [2.45, 2.75) is 26.7 Å². The molecule has 0 unspecified atom stereocenters. The maximum absolute atomic E-state index is 11.7. The SMILES string of the molecule is Cc1ccccc1C=NNC(=O)CCCOc1ccc(Cl)cc1C. The fourth-order valence-corrected chi connectivity index (χ4v) is 2.38. The van der Waals surface area contributed by atoms with Gasteiger partial charge in [0.15, 0.2) is 0 Å². The van der Waals surface area contributed by atoms with Gasteiger partial charge in [0, 0.05) is 11.4 Å². The van der Waals surface area contributed by atoms with Crippen LogP contribution in [0.5, 0.6) is 5.75 Å². The molecule has 1 N–H and O–H groups in total. The van der Waals surface area contributed by atoms with Crippen molar-refractivity contribution >= 4 is 23.7 Å². The first-order valence-electron chi connectivity index (χ1n) is 7.83. The molecule has 126 valence electrons. The second-order valence-electron chi connectivity index (χ2n) is 5.51. The molecule has 24 heavy (non-hydrogen) atoms. The maximum atomic E-state index is 11.7. The highest BCUT2D eigenvalue weighted by Gasteiger charge is 2.03. The molecule has 0 aromatic heterocycles. The molecular weight excluding hydrogens is 324 g/mol. The second kappa shape index (κ2) is 9.08. The first kappa shape index (κ1) is 18.0. The standard InChI is InChI=1S/C19H21ClN2O2/c1-14-6-3-4-7-16(14)13-21-22-19(23)8-5-11-24-18-10-9-17(20)12-15(18)2/h3-4,6-7,9-10,12-13H,5,8,11H2,1-2H3,(H,22,23). The number of carbonyl (C=O) groups is 1. The molecule has 0 heterocycles. The Morgan fingerprint density at radius 2 is 2.00 bits per heavy atom. The molecule has 0 saturated heterocycles. The minimum Gasteiger partial charge on any atom is -0.493 e. The van der Waals surface area contributed by atoms with Crippen LogP contribution in [-0.4, -0.2) is 18.7 Å². The van der Waals surface area contributed by atoms with Gasteiger partial charge in [-0.05, 0) is 55.2 Å². The quantitative estimate of drug-likeness (QED) is 0.463. The van der Waals surface area contributed by atoms with Crippen LogP contribution in [0.15, 0.2) is 47.6 Å². The zero-order valence-electron chi connectivity index (χ0n) is 13.9. The van der Waals surface area contributed by atoms with Gasteiger partial charge in [0.05, 0.1) is 12.8 Å². The zero-order valence-corrected chi connectivity index (χ0v) is 14.6. The number of carbonyl (C=O) groups excluding carboxylic acids is 1. The smallest absolute Gasteiger partial charge is 0.240 e. The number of hydrogen-bond acceptors (Lipinski definition) is 3. The summed E-state index contributed by atoms with van der Waals surface area (Å²) in [5, 5.41) is 4.67. The molecule has 1 amide bonds. The highest BCUT2D eigenvalue weighted by molar-refractivity contribution is 6.30. The van der Waals surface area contributed by atoms with Gasteiger partial charge in [-0.2, -0.15) is 5.10 Å². The predicted molar refractivity (Wildman–Crippen MR) is 97.8 cm³/mol. The lowest BCUT2D eigenvalue weighted by Gasteiger charge is -2.08. The van der Waals surface area contributed by atoms with E-state index in [1.807, 2.05) is 50.2 Å². The molecule has 0 radical (unpaired) electrons. The molecule has 0 aliphatic carbocycles. The summed E-state index contributed by atoms with van der Waals surface area (Å²) in [6.45, 7) is 4.41. The van der Waals surface area contributed by atoms with E-state index in [-0.39, 0.29) is 5.91 Å². The van der Waals surface area contributed by atoms with Crippen LogP contribution in [0.1, 0.15) is 29.5 Å². The molecular formula is C19H21ClN2O2. The van der Waals surface area contributed by atoms with Gasteiger partial charge >= 0.3 is 0 Å². The summed E-state index contributed by atoms with van der Waals surface area (Å²) in [4.78, 5) is 11.7. The van der Waals surface area contributed by atoms with Crippen LogP contribution < -0.4 is 10.2 Å². The van der Waals surface area contributed by atoms with Crippen molar-refractivity contribution in [3.63, 3.8) is 0 Å². The van der Waals surface area contributed by atoms with Crippen LogP contribution in [0.4, 0.5) is 0 Å². The Bertz CT molecular complexity index is 729. The summed E-state index contributed by atoms with van der Waals surface area (Å²) in [5.74, 6) is 0.661. The second-order valence-corrected chi connectivity index (χ2v) is 5.95. The molecule has 0 saturated carbocycles. The number of amides is 1. The van der Waals surface area contributed by atoms with Gasteiger partial charge in [0.25, 0.3) is 0 Å². The average molecular weight is 345 g/mol. The van der Waals surface area contributed by atoms with E-state index >= 15 is 0 Å². The summed E-state index contributed by atoms with van der Waals surface area (Å²) in [6.07, 6.45) is 2.63. The van der Waals surface area contributed by atoms with E-state index in [1.165, 1.54) is 0 Å². The highest BCUT2D eigenvalue weighted by Crippen LogP contribution is 2.21. The van der Waals surface area contributed by atoms with Crippen LogP contribution in [-0.2, 0) is 4.79 Å². The fraction of sp³-hybridized carbons (Fsp3) is 0.263. The largest absolute Gasteiger partial charge is 0.493 e. The van der Waals surface area contributed by atoms with Crippen molar-refractivity contribution in [2.24, 2.45) is 5.10 Å². The van der Waals surface area contributed by atoms with Crippen LogP contribution >= 0.6 is 11.6 Å². The summed E-state index contributed by atoms with van der Waals surface area (Å²) in [5.41, 5.74) is 5.61. The summed E-state index contributed by atoms with van der Waals surface area (Å²) in [7, 11) is 0. The molecule has 0 bridgehead atoms. The van der Waals surface area contributed by atoms with E-state index < -0.39 is 0 Å². The summed E-state index contributed by atoms with van der Waals surface area (Å²) >= 11 is 5.90. The fourth-order valence-electron chi connectivity index (χ4n) is 2.15. The van der Waals surface area contributed by atoms with Gasteiger partial charge in [-0.15, -0.1) is 0 Å². The Hall–Kier alpha value is -2.33. The Labute approximate surface area is 147 Å². The molecule has 2 aromatic carbocycles. The number of hydrogen-bond donors (Lipinski definition) is 1. The molecule has 0 fully saturated rings. The number of aryl methyl sites for hydroxylation is 2. The Kier molecular flexibility index (Phi) is 6.82. The minimum absolute atomic E-state index is 0.128. The third-order valence-electron chi connectivity index (χ3n) is 3.52. The minimum atomic E-state index is -0.128. The third kappa shape index (κ3) is 5.70. The molecule has 0 spiro atoms. The van der Waals surface area contributed by atoms with Crippen LogP contribution in [0, 0.1) is 13.8 Å². The number of nitrogens with zero attached hydrogens (tertiary/aromatic N) is 1. The van der Waals surface area contributed by atoms with Crippen molar-refractivity contribution in [2.75, 3.05) is 6.61 Å². The van der Waals surface area contributed by atoms with E-state index in [9.17, 15) is 4.79 Å². The number of benzene rings is 2. The van der Waals surface area contributed by atoms with Gasteiger partial charge in [-0.3, -0.25) is 4.79 Å². The first-order chi connectivity index (χ1) is 11.6. The third-order valence-corrected chi connectivity index (χ3v) is 3.76. The topological polar surface area (TPSA) is 50.7 Å². The molecule has 5 heteroatoms. The number of nitrogens with one attached hydrogen (secondary N) is 1. The van der Waals surface area contributed by atoms with Crippen LogP contribution in [0.3, 0.4) is 0 Å². The molecule has 0 aliphatic heterocycles. The molecule has 2 aromatic rings. The van der Waals surface area contributed by atoms with Crippen LogP contribution in [0.2, 0.25) is 5.02 Å². The van der Waals surface area contributed by atoms with E-state index in [1.54, 1.807) is 12.3 Å². The summed E-state index contributed by atoms with van der Waals surface area (Å²) in [6, 6.07) is 13.3. The lowest BCUT2D eigenvalue weighted by atomic mass is 10.1. The van der Waals surface area contributed by atoms with E-state index in [4.69, 9.17) is 16.3 Å². The number of halogens is 1. The lowest BCUT2D eigenvalue weighted by molar-refractivity contribution is -0.121. The number of hydrazone groups is 1. The van der Waals surface area contributed by atoms with E-state index in [0.717, 1.165) is 22.4 Å². The number of ether oxygens (including phenoxy) is 1. The lowest BCUT2D eigenvalue weighted by Crippen LogP contribution is -2.18. The average Bonchev–Trinajstić information content (AvgIpc) is 2.55. The van der Waals surface area contributed by atoms with Gasteiger partial charge in [-0.1, -0.05) is 35.9 Å². The van der Waals surface area contributed by atoms with Gasteiger partial charge in [0.1, 0.15) is 5.75 Å². The molecule has 2 rings (SSSR count). The van der Waals surface area contributed by atoms with Crippen molar-refractivity contribution in [3.8, 4) is 5.75 Å². The summed E-state index contributed by atoms with van der Waals surface area (Å²) < 4.78 is 5.65. The Morgan fingerprint density at radius 1 is 1.21 bits per heavy atom. The highest BCUT2D eigenvalue weighted by atomic mass is 35.5. The predicted octanol–water partition coefficient (Wildman–Crippen LogP) is 4.27. The monoisotopic (exact) mass is 344 g/mol. The van der Waals surface area contributed by atoms with Gasteiger partial charge in [-0.25, -0.2) is 5.43 Å². The van der Waals surface area contributed by atoms with Gasteiger partial charge in [0.2, 0.25) is 5.91 Å². The van der Waals surface area contributed by atoms with Gasteiger partial charge < -0.3 is 4.74 Å². The number of rotatable bonds is 7. The Balaban J connectivity index is 1.69. The first-order valence-corrected chi connectivity index (χ1v) is 8.20. The van der Waals surface area contributed by atoms with E-state index in [2.05, 4.69) is 10.5 Å².